The molecule has 4 heteroatoms. The van der Waals surface area contributed by atoms with E-state index in [1.165, 1.54) is 5.56 Å². The quantitative estimate of drug-likeness (QED) is 0.917. The molecule has 0 aliphatic carbocycles. The zero-order chi connectivity index (χ0) is 11.4. The third-order valence-electron chi connectivity index (χ3n) is 2.89. The first-order valence-electron chi connectivity index (χ1n) is 5.55. The topological polar surface area (TPSA) is 24.5 Å². The molecule has 1 aromatic rings. The molecule has 2 rings (SSSR count). The molecular formula is C12H17BrN2O. The van der Waals surface area contributed by atoms with E-state index >= 15 is 0 Å². The summed E-state index contributed by atoms with van der Waals surface area (Å²) in [7, 11) is 1.73. The van der Waals surface area contributed by atoms with Gasteiger partial charge in [-0.3, -0.25) is 4.90 Å². The molecule has 1 aliphatic heterocycles. The monoisotopic (exact) mass is 284 g/mol. The highest BCUT2D eigenvalue weighted by Gasteiger charge is 2.14. The van der Waals surface area contributed by atoms with E-state index in [9.17, 15) is 0 Å². The van der Waals surface area contributed by atoms with Gasteiger partial charge in [0.25, 0.3) is 0 Å². The fourth-order valence-corrected chi connectivity index (χ4v) is 2.45. The average Bonchev–Trinajstić information content (AvgIpc) is 2.33. The van der Waals surface area contributed by atoms with Gasteiger partial charge in [0, 0.05) is 42.8 Å². The molecule has 1 aromatic carbocycles. The Bertz CT molecular complexity index is 351. The van der Waals surface area contributed by atoms with E-state index in [-0.39, 0.29) is 0 Å². The molecular weight excluding hydrogens is 268 g/mol. The molecule has 1 heterocycles. The molecule has 0 spiro atoms. The van der Waals surface area contributed by atoms with Crippen LogP contribution >= 0.6 is 15.9 Å². The van der Waals surface area contributed by atoms with E-state index in [4.69, 9.17) is 4.74 Å². The number of rotatable bonds is 3. The van der Waals surface area contributed by atoms with Crippen LogP contribution < -0.4 is 10.1 Å². The Hall–Kier alpha value is -0.580. The molecule has 0 unspecified atom stereocenters. The second-order valence-electron chi connectivity index (χ2n) is 3.95. The number of ether oxygens (including phenoxy) is 1. The van der Waals surface area contributed by atoms with Crippen LogP contribution in [0.5, 0.6) is 5.75 Å². The van der Waals surface area contributed by atoms with Crippen LogP contribution in [0.2, 0.25) is 0 Å². The van der Waals surface area contributed by atoms with Gasteiger partial charge in [0.05, 0.1) is 7.11 Å². The minimum absolute atomic E-state index is 0.951. The van der Waals surface area contributed by atoms with Crippen LogP contribution in [0.1, 0.15) is 5.56 Å². The molecule has 1 fully saturated rings. The van der Waals surface area contributed by atoms with Gasteiger partial charge >= 0.3 is 0 Å². The van der Waals surface area contributed by atoms with Crippen molar-refractivity contribution in [3.63, 3.8) is 0 Å². The van der Waals surface area contributed by atoms with Crippen LogP contribution in [0.15, 0.2) is 22.7 Å². The largest absolute Gasteiger partial charge is 0.496 e. The molecule has 1 N–H and O–H groups in total. The second-order valence-corrected chi connectivity index (χ2v) is 4.80. The lowest BCUT2D eigenvalue weighted by Gasteiger charge is -2.28. The number of piperazine rings is 1. The lowest BCUT2D eigenvalue weighted by atomic mass is 10.2. The molecule has 0 aromatic heterocycles. The molecule has 0 atom stereocenters. The maximum Gasteiger partial charge on any atom is 0.124 e. The van der Waals surface area contributed by atoms with Crippen molar-refractivity contribution >= 4 is 15.9 Å². The van der Waals surface area contributed by atoms with Gasteiger partial charge in [-0.2, -0.15) is 0 Å². The van der Waals surface area contributed by atoms with Crippen LogP contribution in [-0.4, -0.2) is 38.2 Å². The minimum Gasteiger partial charge on any atom is -0.496 e. The van der Waals surface area contributed by atoms with Crippen LogP contribution in [0.3, 0.4) is 0 Å². The third-order valence-corrected chi connectivity index (χ3v) is 3.63. The predicted molar refractivity (Wildman–Crippen MR) is 68.8 cm³/mol. The Morgan fingerprint density at radius 2 is 2.12 bits per heavy atom. The van der Waals surface area contributed by atoms with Crippen molar-refractivity contribution in [1.29, 1.82) is 0 Å². The standard InChI is InChI=1S/C12H17BrN2O/c1-16-12-4-2-3-11(13)10(12)9-15-7-5-14-6-8-15/h2-4,14H,5-9H2,1H3. The second kappa shape index (κ2) is 5.66. The van der Waals surface area contributed by atoms with Gasteiger partial charge in [-0.05, 0) is 12.1 Å². The third kappa shape index (κ3) is 2.75. The molecule has 1 aliphatic rings. The fourth-order valence-electron chi connectivity index (χ4n) is 1.98. The van der Waals surface area contributed by atoms with Crippen molar-refractivity contribution < 1.29 is 4.74 Å². The highest BCUT2D eigenvalue weighted by atomic mass is 79.9. The Morgan fingerprint density at radius 1 is 1.38 bits per heavy atom. The summed E-state index contributed by atoms with van der Waals surface area (Å²) in [5, 5.41) is 3.36. The van der Waals surface area contributed by atoms with Crippen molar-refractivity contribution in [2.24, 2.45) is 0 Å². The molecule has 1 saturated heterocycles. The predicted octanol–water partition coefficient (Wildman–Crippen LogP) is 1.86. The summed E-state index contributed by atoms with van der Waals surface area (Å²) in [6, 6.07) is 6.09. The van der Waals surface area contributed by atoms with Gasteiger partial charge in [-0.25, -0.2) is 0 Å². The van der Waals surface area contributed by atoms with Gasteiger partial charge < -0.3 is 10.1 Å². The number of hydrogen-bond acceptors (Lipinski definition) is 3. The first-order chi connectivity index (χ1) is 7.81. The highest BCUT2D eigenvalue weighted by Crippen LogP contribution is 2.27. The molecule has 0 radical (unpaired) electrons. The summed E-state index contributed by atoms with van der Waals surface area (Å²) in [6.07, 6.45) is 0. The SMILES string of the molecule is COc1cccc(Br)c1CN1CCNCC1. The number of benzene rings is 1. The summed E-state index contributed by atoms with van der Waals surface area (Å²) in [4.78, 5) is 2.44. The van der Waals surface area contributed by atoms with Crippen molar-refractivity contribution in [3.05, 3.63) is 28.2 Å². The number of methoxy groups -OCH3 is 1. The van der Waals surface area contributed by atoms with E-state index in [1.807, 2.05) is 12.1 Å². The Morgan fingerprint density at radius 3 is 2.81 bits per heavy atom. The van der Waals surface area contributed by atoms with E-state index in [0.29, 0.717) is 0 Å². The maximum atomic E-state index is 5.40. The first kappa shape index (κ1) is 11.9. The smallest absolute Gasteiger partial charge is 0.124 e. The van der Waals surface area contributed by atoms with E-state index < -0.39 is 0 Å². The summed E-state index contributed by atoms with van der Waals surface area (Å²) >= 11 is 3.59. The lowest BCUT2D eigenvalue weighted by Crippen LogP contribution is -2.43. The zero-order valence-electron chi connectivity index (χ0n) is 9.50. The van der Waals surface area contributed by atoms with E-state index in [1.54, 1.807) is 7.11 Å². The van der Waals surface area contributed by atoms with Crippen molar-refractivity contribution in [1.82, 2.24) is 10.2 Å². The summed E-state index contributed by atoms with van der Waals surface area (Å²) in [5.74, 6) is 0.966. The number of nitrogens with zero attached hydrogens (tertiary/aromatic N) is 1. The molecule has 88 valence electrons. The van der Waals surface area contributed by atoms with Gasteiger partial charge in [0.15, 0.2) is 0 Å². The Kier molecular flexibility index (Phi) is 4.21. The number of hydrogen-bond donors (Lipinski definition) is 1. The minimum atomic E-state index is 0.951. The van der Waals surface area contributed by atoms with Crippen molar-refractivity contribution in [2.45, 2.75) is 6.54 Å². The van der Waals surface area contributed by atoms with Crippen LogP contribution in [0, 0.1) is 0 Å². The summed E-state index contributed by atoms with van der Waals surface area (Å²) < 4.78 is 6.53. The molecule has 0 saturated carbocycles. The average molecular weight is 285 g/mol. The van der Waals surface area contributed by atoms with Gasteiger partial charge in [-0.1, -0.05) is 22.0 Å². The van der Waals surface area contributed by atoms with Gasteiger partial charge in [0.2, 0.25) is 0 Å². The summed E-state index contributed by atoms with van der Waals surface area (Å²) in [5.41, 5.74) is 1.24. The maximum absolute atomic E-state index is 5.40. The number of nitrogens with one attached hydrogen (secondary N) is 1. The first-order valence-corrected chi connectivity index (χ1v) is 6.35. The molecule has 0 amide bonds. The van der Waals surface area contributed by atoms with Crippen LogP contribution in [-0.2, 0) is 6.54 Å². The number of halogens is 1. The van der Waals surface area contributed by atoms with E-state index in [2.05, 4.69) is 32.2 Å². The Balaban J connectivity index is 2.12. The van der Waals surface area contributed by atoms with Crippen molar-refractivity contribution in [2.75, 3.05) is 33.3 Å². The summed E-state index contributed by atoms with van der Waals surface area (Å²) in [6.45, 7) is 5.31. The highest BCUT2D eigenvalue weighted by molar-refractivity contribution is 9.10. The van der Waals surface area contributed by atoms with Crippen LogP contribution in [0.4, 0.5) is 0 Å². The normalized spacial score (nSPS) is 17.4. The van der Waals surface area contributed by atoms with Crippen molar-refractivity contribution in [3.8, 4) is 5.75 Å². The van der Waals surface area contributed by atoms with Crippen LogP contribution in [0.25, 0.3) is 0 Å². The fraction of sp³-hybridized carbons (Fsp3) is 0.500. The van der Waals surface area contributed by atoms with E-state index in [0.717, 1.165) is 42.9 Å². The zero-order valence-corrected chi connectivity index (χ0v) is 11.1. The van der Waals surface area contributed by atoms with Gasteiger partial charge in [-0.15, -0.1) is 0 Å². The van der Waals surface area contributed by atoms with Gasteiger partial charge in [0.1, 0.15) is 5.75 Å². The molecule has 16 heavy (non-hydrogen) atoms. The molecule has 3 nitrogen and oxygen atoms in total. The Labute approximate surface area is 105 Å². The lowest BCUT2D eigenvalue weighted by molar-refractivity contribution is 0.229. The molecule has 0 bridgehead atoms.